The number of ether oxygens (including phenoxy) is 1. The van der Waals surface area contributed by atoms with Crippen LogP contribution in [-0.2, 0) is 4.74 Å². The molecule has 0 saturated carbocycles. The van der Waals surface area contributed by atoms with Crippen LogP contribution in [0, 0.1) is 0 Å². The Labute approximate surface area is 87.7 Å². The van der Waals surface area contributed by atoms with E-state index in [0.717, 1.165) is 6.42 Å². The normalized spacial score (nSPS) is 25.3. The SMILES string of the molecule is CCCCCCCCC[C@@H]1O[C@H]1CO. The Bertz CT molecular complexity index is 136. The lowest BCUT2D eigenvalue weighted by atomic mass is 10.1. The quantitative estimate of drug-likeness (QED) is 0.458. The van der Waals surface area contributed by atoms with E-state index in [0.29, 0.717) is 6.10 Å². The van der Waals surface area contributed by atoms with Crippen molar-refractivity contribution >= 4 is 0 Å². The van der Waals surface area contributed by atoms with Crippen molar-refractivity contribution in [2.45, 2.75) is 70.5 Å². The summed E-state index contributed by atoms with van der Waals surface area (Å²) >= 11 is 0. The van der Waals surface area contributed by atoms with Crippen LogP contribution >= 0.6 is 0 Å². The molecule has 0 aromatic carbocycles. The number of unbranched alkanes of at least 4 members (excludes halogenated alkanes) is 6. The molecule has 2 nitrogen and oxygen atoms in total. The van der Waals surface area contributed by atoms with Crippen molar-refractivity contribution in [2.75, 3.05) is 6.61 Å². The van der Waals surface area contributed by atoms with Crippen molar-refractivity contribution in [3.8, 4) is 0 Å². The molecule has 1 fully saturated rings. The molecule has 14 heavy (non-hydrogen) atoms. The van der Waals surface area contributed by atoms with E-state index in [2.05, 4.69) is 6.92 Å². The van der Waals surface area contributed by atoms with Crippen LogP contribution in [0.2, 0.25) is 0 Å². The van der Waals surface area contributed by atoms with Crippen LogP contribution in [0.4, 0.5) is 0 Å². The van der Waals surface area contributed by atoms with Gasteiger partial charge in [0, 0.05) is 0 Å². The Balaban J connectivity index is 1.73. The van der Waals surface area contributed by atoms with Gasteiger partial charge in [-0.25, -0.2) is 0 Å². The van der Waals surface area contributed by atoms with Crippen molar-refractivity contribution in [1.82, 2.24) is 0 Å². The van der Waals surface area contributed by atoms with Crippen LogP contribution in [0.25, 0.3) is 0 Å². The molecule has 2 atom stereocenters. The van der Waals surface area contributed by atoms with Gasteiger partial charge in [0.2, 0.25) is 0 Å². The summed E-state index contributed by atoms with van der Waals surface area (Å²) in [4.78, 5) is 0. The van der Waals surface area contributed by atoms with Gasteiger partial charge in [0.05, 0.1) is 12.7 Å². The first kappa shape index (κ1) is 12.0. The monoisotopic (exact) mass is 200 g/mol. The maximum atomic E-state index is 8.75. The molecule has 84 valence electrons. The largest absolute Gasteiger partial charge is 0.394 e. The molecule has 0 spiro atoms. The van der Waals surface area contributed by atoms with Crippen LogP contribution < -0.4 is 0 Å². The van der Waals surface area contributed by atoms with E-state index in [4.69, 9.17) is 9.84 Å². The highest BCUT2D eigenvalue weighted by Crippen LogP contribution is 2.26. The van der Waals surface area contributed by atoms with Gasteiger partial charge in [-0.05, 0) is 6.42 Å². The average molecular weight is 200 g/mol. The molecule has 0 aromatic heterocycles. The summed E-state index contributed by atoms with van der Waals surface area (Å²) in [7, 11) is 0. The summed E-state index contributed by atoms with van der Waals surface area (Å²) in [6, 6.07) is 0. The Morgan fingerprint density at radius 3 is 2.14 bits per heavy atom. The molecular weight excluding hydrogens is 176 g/mol. The molecule has 0 amide bonds. The van der Waals surface area contributed by atoms with Crippen molar-refractivity contribution in [2.24, 2.45) is 0 Å². The van der Waals surface area contributed by atoms with Crippen LogP contribution in [-0.4, -0.2) is 23.9 Å². The van der Waals surface area contributed by atoms with E-state index >= 15 is 0 Å². The summed E-state index contributed by atoms with van der Waals surface area (Å²) in [5.74, 6) is 0. The third-order valence-electron chi connectivity index (χ3n) is 2.96. The molecule has 1 heterocycles. The van der Waals surface area contributed by atoms with Crippen molar-refractivity contribution in [3.05, 3.63) is 0 Å². The summed E-state index contributed by atoms with van der Waals surface area (Å²) in [6.45, 7) is 2.46. The molecule has 1 rings (SSSR count). The molecule has 0 bridgehead atoms. The minimum absolute atomic E-state index is 0.176. The number of aliphatic hydroxyl groups is 1. The highest BCUT2D eigenvalue weighted by atomic mass is 16.6. The van der Waals surface area contributed by atoms with Gasteiger partial charge in [0.15, 0.2) is 0 Å². The standard InChI is InChI=1S/C12H24O2/c1-2-3-4-5-6-7-8-9-11-12(10-13)14-11/h11-13H,2-10H2,1H3/t11-,12-/m0/s1. The lowest BCUT2D eigenvalue weighted by Crippen LogP contribution is -1.98. The van der Waals surface area contributed by atoms with E-state index in [1.807, 2.05) is 0 Å². The van der Waals surface area contributed by atoms with E-state index in [9.17, 15) is 0 Å². The van der Waals surface area contributed by atoms with Gasteiger partial charge in [0.1, 0.15) is 6.10 Å². The summed E-state index contributed by atoms with van der Waals surface area (Å²) in [6.07, 6.45) is 11.2. The lowest BCUT2D eigenvalue weighted by Gasteiger charge is -1.99. The molecule has 1 aliphatic rings. The Hall–Kier alpha value is -0.0800. The number of hydrogen-bond donors (Lipinski definition) is 1. The first-order valence-corrected chi connectivity index (χ1v) is 6.14. The summed E-state index contributed by atoms with van der Waals surface area (Å²) < 4.78 is 5.26. The van der Waals surface area contributed by atoms with Gasteiger partial charge < -0.3 is 9.84 Å². The van der Waals surface area contributed by atoms with Crippen molar-refractivity contribution in [1.29, 1.82) is 0 Å². The molecule has 0 unspecified atom stereocenters. The minimum atomic E-state index is 0.176. The van der Waals surface area contributed by atoms with Crippen LogP contribution in [0.15, 0.2) is 0 Å². The Kier molecular flexibility index (Phi) is 6.20. The molecule has 0 radical (unpaired) electrons. The summed E-state index contributed by atoms with van der Waals surface area (Å²) in [5.41, 5.74) is 0. The number of hydrogen-bond acceptors (Lipinski definition) is 2. The number of rotatable bonds is 9. The van der Waals surface area contributed by atoms with Crippen LogP contribution in [0.5, 0.6) is 0 Å². The van der Waals surface area contributed by atoms with Gasteiger partial charge in [0.25, 0.3) is 0 Å². The first-order chi connectivity index (χ1) is 6.88. The van der Waals surface area contributed by atoms with E-state index in [1.54, 1.807) is 0 Å². The molecule has 2 heteroatoms. The zero-order valence-corrected chi connectivity index (χ0v) is 9.37. The second-order valence-corrected chi connectivity index (χ2v) is 4.31. The third kappa shape index (κ3) is 4.97. The van der Waals surface area contributed by atoms with Gasteiger partial charge in [-0.1, -0.05) is 51.9 Å². The number of epoxide rings is 1. The van der Waals surface area contributed by atoms with E-state index in [1.165, 1.54) is 44.9 Å². The first-order valence-electron chi connectivity index (χ1n) is 6.14. The Morgan fingerprint density at radius 2 is 1.57 bits per heavy atom. The third-order valence-corrected chi connectivity index (χ3v) is 2.96. The zero-order chi connectivity index (χ0) is 10.2. The van der Waals surface area contributed by atoms with Gasteiger partial charge in [-0.15, -0.1) is 0 Å². The van der Waals surface area contributed by atoms with E-state index in [-0.39, 0.29) is 12.7 Å². The Morgan fingerprint density at radius 1 is 0.929 bits per heavy atom. The maximum absolute atomic E-state index is 8.75. The minimum Gasteiger partial charge on any atom is -0.394 e. The topological polar surface area (TPSA) is 32.8 Å². The average Bonchev–Trinajstić information content (AvgIpc) is 2.95. The van der Waals surface area contributed by atoms with Crippen molar-refractivity contribution < 1.29 is 9.84 Å². The predicted molar refractivity (Wildman–Crippen MR) is 58.4 cm³/mol. The molecule has 1 saturated heterocycles. The zero-order valence-electron chi connectivity index (χ0n) is 9.37. The smallest absolute Gasteiger partial charge is 0.107 e. The molecular formula is C12H24O2. The fourth-order valence-electron chi connectivity index (χ4n) is 1.90. The van der Waals surface area contributed by atoms with Gasteiger partial charge in [-0.3, -0.25) is 0 Å². The van der Waals surface area contributed by atoms with Crippen LogP contribution in [0.3, 0.4) is 0 Å². The van der Waals surface area contributed by atoms with E-state index < -0.39 is 0 Å². The molecule has 1 N–H and O–H groups in total. The molecule has 0 aromatic rings. The second kappa shape index (κ2) is 7.24. The second-order valence-electron chi connectivity index (χ2n) is 4.31. The number of aliphatic hydroxyl groups excluding tert-OH is 1. The fourth-order valence-corrected chi connectivity index (χ4v) is 1.90. The van der Waals surface area contributed by atoms with Gasteiger partial charge in [-0.2, -0.15) is 0 Å². The van der Waals surface area contributed by atoms with Crippen LogP contribution in [0.1, 0.15) is 58.3 Å². The highest BCUT2D eigenvalue weighted by Gasteiger charge is 2.36. The van der Waals surface area contributed by atoms with Crippen molar-refractivity contribution in [3.63, 3.8) is 0 Å². The fraction of sp³-hybridized carbons (Fsp3) is 1.00. The molecule has 1 aliphatic heterocycles. The van der Waals surface area contributed by atoms with Gasteiger partial charge >= 0.3 is 0 Å². The lowest BCUT2D eigenvalue weighted by molar-refractivity contribution is 0.241. The predicted octanol–water partition coefficient (Wildman–Crippen LogP) is 2.89. The highest BCUT2D eigenvalue weighted by molar-refractivity contribution is 4.83. The maximum Gasteiger partial charge on any atom is 0.107 e. The molecule has 0 aliphatic carbocycles. The summed E-state index contributed by atoms with van der Waals surface area (Å²) in [5, 5.41) is 8.75.